The number of aromatic nitrogens is 1. The molecule has 4 N–H and O–H groups in total. The Morgan fingerprint density at radius 3 is 2.62 bits per heavy atom. The molecule has 5 nitrogen and oxygen atoms in total. The van der Waals surface area contributed by atoms with E-state index in [2.05, 4.69) is 4.98 Å². The van der Waals surface area contributed by atoms with Gasteiger partial charge in [0, 0.05) is 22.8 Å². The van der Waals surface area contributed by atoms with Gasteiger partial charge in [-0.15, -0.1) is 11.3 Å². The van der Waals surface area contributed by atoms with Gasteiger partial charge in [-0.3, -0.25) is 0 Å². The highest BCUT2D eigenvalue weighted by molar-refractivity contribution is 7.89. The third-order valence-electron chi connectivity index (χ3n) is 1.97. The van der Waals surface area contributed by atoms with Gasteiger partial charge >= 0.3 is 0 Å². The Balaban J connectivity index is 2.73. The van der Waals surface area contributed by atoms with Gasteiger partial charge in [-0.2, -0.15) is 0 Å². The SMILES string of the molecule is Nc1ccc(S(N)(=O)=O)c(-c2nccs2)c1. The minimum Gasteiger partial charge on any atom is -0.399 e. The minimum atomic E-state index is -3.77. The quantitative estimate of drug-likeness (QED) is 0.783. The van der Waals surface area contributed by atoms with Gasteiger partial charge in [0.05, 0.1) is 4.90 Å². The molecule has 2 aromatic rings. The summed E-state index contributed by atoms with van der Waals surface area (Å²) in [4.78, 5) is 4.08. The fraction of sp³-hybridized carbons (Fsp3) is 0. The smallest absolute Gasteiger partial charge is 0.238 e. The second kappa shape index (κ2) is 3.85. The summed E-state index contributed by atoms with van der Waals surface area (Å²) in [5, 5.41) is 7.46. The third kappa shape index (κ3) is 2.06. The molecule has 0 radical (unpaired) electrons. The van der Waals surface area contributed by atoms with Gasteiger partial charge in [-0.1, -0.05) is 0 Å². The molecule has 0 saturated carbocycles. The average molecular weight is 255 g/mol. The molecule has 0 saturated heterocycles. The molecule has 0 unspecified atom stereocenters. The van der Waals surface area contributed by atoms with E-state index < -0.39 is 10.0 Å². The summed E-state index contributed by atoms with van der Waals surface area (Å²) in [5.41, 5.74) is 6.53. The monoisotopic (exact) mass is 255 g/mol. The first-order valence-electron chi connectivity index (χ1n) is 4.30. The minimum absolute atomic E-state index is 0.0386. The number of nitrogen functional groups attached to an aromatic ring is 1. The van der Waals surface area contributed by atoms with Crippen LogP contribution in [0.5, 0.6) is 0 Å². The molecule has 0 aliphatic heterocycles. The zero-order valence-corrected chi connectivity index (χ0v) is 9.75. The molecule has 7 heteroatoms. The van der Waals surface area contributed by atoms with E-state index in [-0.39, 0.29) is 4.90 Å². The van der Waals surface area contributed by atoms with E-state index in [1.807, 2.05) is 0 Å². The second-order valence-electron chi connectivity index (χ2n) is 3.14. The first kappa shape index (κ1) is 11.1. The number of nitrogens with two attached hydrogens (primary N) is 2. The Bertz CT molecular complexity index is 606. The van der Waals surface area contributed by atoms with Crippen molar-refractivity contribution in [2.45, 2.75) is 4.90 Å². The highest BCUT2D eigenvalue weighted by atomic mass is 32.2. The third-order valence-corrected chi connectivity index (χ3v) is 3.75. The van der Waals surface area contributed by atoms with Crippen LogP contribution in [0.4, 0.5) is 5.69 Å². The summed E-state index contributed by atoms with van der Waals surface area (Å²) < 4.78 is 22.7. The van der Waals surface area contributed by atoms with Gasteiger partial charge in [0.25, 0.3) is 0 Å². The fourth-order valence-electron chi connectivity index (χ4n) is 1.32. The molecule has 0 amide bonds. The van der Waals surface area contributed by atoms with Crippen LogP contribution in [0, 0.1) is 0 Å². The number of hydrogen-bond donors (Lipinski definition) is 2. The summed E-state index contributed by atoms with van der Waals surface area (Å²) >= 11 is 1.33. The summed E-state index contributed by atoms with van der Waals surface area (Å²) in [6, 6.07) is 4.44. The van der Waals surface area contributed by atoms with E-state index in [9.17, 15) is 8.42 Å². The van der Waals surface area contributed by atoms with E-state index >= 15 is 0 Å². The van der Waals surface area contributed by atoms with Gasteiger partial charge in [-0.05, 0) is 18.2 Å². The normalized spacial score (nSPS) is 11.6. The van der Waals surface area contributed by atoms with Crippen molar-refractivity contribution in [2.75, 3.05) is 5.73 Å². The van der Waals surface area contributed by atoms with E-state index in [0.29, 0.717) is 16.3 Å². The zero-order valence-electron chi connectivity index (χ0n) is 8.12. The van der Waals surface area contributed by atoms with Crippen LogP contribution >= 0.6 is 11.3 Å². The number of rotatable bonds is 2. The molecule has 0 bridgehead atoms. The number of anilines is 1. The van der Waals surface area contributed by atoms with Crippen LogP contribution in [0.2, 0.25) is 0 Å². The largest absolute Gasteiger partial charge is 0.399 e. The number of benzene rings is 1. The Labute approximate surface area is 96.8 Å². The Kier molecular flexibility index (Phi) is 2.66. The van der Waals surface area contributed by atoms with Gasteiger partial charge in [0.2, 0.25) is 10.0 Å². The lowest BCUT2D eigenvalue weighted by atomic mass is 10.2. The van der Waals surface area contributed by atoms with Gasteiger partial charge in [0.15, 0.2) is 0 Å². The maximum atomic E-state index is 11.4. The molecule has 0 spiro atoms. The molecule has 0 aliphatic carbocycles. The molecular weight excluding hydrogens is 246 g/mol. The molecule has 16 heavy (non-hydrogen) atoms. The lowest BCUT2D eigenvalue weighted by Crippen LogP contribution is -2.13. The second-order valence-corrected chi connectivity index (χ2v) is 5.56. The average Bonchev–Trinajstić information content (AvgIpc) is 2.68. The molecule has 0 atom stereocenters. The Morgan fingerprint density at radius 2 is 2.06 bits per heavy atom. The van der Waals surface area contributed by atoms with Crippen molar-refractivity contribution in [1.82, 2.24) is 4.98 Å². The van der Waals surface area contributed by atoms with Crippen LogP contribution in [0.3, 0.4) is 0 Å². The van der Waals surface area contributed by atoms with Gasteiger partial charge < -0.3 is 5.73 Å². The van der Waals surface area contributed by atoms with Crippen molar-refractivity contribution in [3.05, 3.63) is 29.8 Å². The van der Waals surface area contributed by atoms with E-state index in [1.165, 1.54) is 23.5 Å². The van der Waals surface area contributed by atoms with Crippen LogP contribution in [0.15, 0.2) is 34.7 Å². The van der Waals surface area contributed by atoms with Crippen LogP contribution in [0.25, 0.3) is 10.6 Å². The topological polar surface area (TPSA) is 99.1 Å². The van der Waals surface area contributed by atoms with Gasteiger partial charge in [-0.25, -0.2) is 18.5 Å². The summed E-state index contributed by atoms with van der Waals surface area (Å²) in [6.07, 6.45) is 1.59. The van der Waals surface area contributed by atoms with Crippen molar-refractivity contribution in [1.29, 1.82) is 0 Å². The highest BCUT2D eigenvalue weighted by Crippen LogP contribution is 2.29. The van der Waals surface area contributed by atoms with Crippen molar-refractivity contribution in [3.63, 3.8) is 0 Å². The Hall–Kier alpha value is -1.44. The molecule has 1 aromatic carbocycles. The lowest BCUT2D eigenvalue weighted by Gasteiger charge is -2.05. The van der Waals surface area contributed by atoms with Crippen LogP contribution in [0.1, 0.15) is 0 Å². The summed E-state index contributed by atoms with van der Waals surface area (Å²) in [6.45, 7) is 0. The van der Waals surface area contributed by atoms with Crippen molar-refractivity contribution in [3.8, 4) is 10.6 Å². The molecule has 0 aliphatic rings. The van der Waals surface area contributed by atoms with E-state index in [1.54, 1.807) is 17.6 Å². The first-order chi connectivity index (χ1) is 7.48. The predicted molar refractivity (Wildman–Crippen MR) is 63.3 cm³/mol. The number of hydrogen-bond acceptors (Lipinski definition) is 5. The molecule has 1 heterocycles. The first-order valence-corrected chi connectivity index (χ1v) is 6.73. The predicted octanol–water partition coefficient (Wildman–Crippen LogP) is 1.04. The summed E-state index contributed by atoms with van der Waals surface area (Å²) in [5.74, 6) is 0. The standard InChI is InChI=1S/C9H9N3O2S2/c10-6-1-2-8(16(11,13)14)7(5-6)9-12-3-4-15-9/h1-5H,10H2,(H2,11,13,14). The lowest BCUT2D eigenvalue weighted by molar-refractivity contribution is 0.598. The molecular formula is C9H9N3O2S2. The van der Waals surface area contributed by atoms with Crippen LogP contribution in [-0.4, -0.2) is 13.4 Å². The van der Waals surface area contributed by atoms with Crippen LogP contribution in [-0.2, 0) is 10.0 Å². The number of nitrogens with zero attached hydrogens (tertiary/aromatic N) is 1. The van der Waals surface area contributed by atoms with Crippen molar-refractivity contribution in [2.24, 2.45) is 5.14 Å². The fourth-order valence-corrected chi connectivity index (χ4v) is 2.77. The maximum absolute atomic E-state index is 11.4. The molecule has 2 rings (SSSR count). The maximum Gasteiger partial charge on any atom is 0.238 e. The number of primary sulfonamides is 1. The van der Waals surface area contributed by atoms with Crippen molar-refractivity contribution >= 4 is 27.0 Å². The Morgan fingerprint density at radius 1 is 1.31 bits per heavy atom. The highest BCUT2D eigenvalue weighted by Gasteiger charge is 2.16. The molecule has 84 valence electrons. The number of sulfonamides is 1. The van der Waals surface area contributed by atoms with Crippen LogP contribution < -0.4 is 10.9 Å². The molecule has 0 fully saturated rings. The summed E-state index contributed by atoms with van der Waals surface area (Å²) in [7, 11) is -3.77. The number of thiazole rings is 1. The molecule has 1 aromatic heterocycles. The van der Waals surface area contributed by atoms with E-state index in [0.717, 1.165) is 0 Å². The van der Waals surface area contributed by atoms with E-state index in [4.69, 9.17) is 10.9 Å². The van der Waals surface area contributed by atoms with Crippen molar-refractivity contribution < 1.29 is 8.42 Å². The zero-order chi connectivity index (χ0) is 11.8. The van der Waals surface area contributed by atoms with Gasteiger partial charge in [0.1, 0.15) is 5.01 Å².